The van der Waals surface area contributed by atoms with Gasteiger partial charge < -0.3 is 4.74 Å². The Morgan fingerprint density at radius 1 is 1.29 bits per heavy atom. The zero-order valence-corrected chi connectivity index (χ0v) is 12.8. The fraction of sp³-hybridized carbons (Fsp3) is 0.421. The fourth-order valence-electron chi connectivity index (χ4n) is 2.74. The van der Waals surface area contributed by atoms with Crippen LogP contribution in [0.2, 0.25) is 0 Å². The number of fused-ring (bicyclic) bond motifs is 1. The maximum atomic E-state index is 8.48. The molecule has 0 radical (unpaired) electrons. The van der Waals surface area contributed by atoms with Crippen LogP contribution in [0.1, 0.15) is 49.7 Å². The topological polar surface area (TPSA) is 33.0 Å². The maximum Gasteiger partial charge on any atom is 0.119 e. The first kappa shape index (κ1) is 15.4. The molecule has 0 spiro atoms. The second-order valence-electron chi connectivity index (χ2n) is 5.35. The SMILES string of the molecule is COc1ccc2c(c1)CCC=C2CC/C=C/CCCC#N. The van der Waals surface area contributed by atoms with E-state index in [1.54, 1.807) is 7.11 Å². The predicted molar refractivity (Wildman–Crippen MR) is 87.1 cm³/mol. The minimum absolute atomic E-state index is 0.657. The average Bonchev–Trinajstić information content (AvgIpc) is 2.53. The third-order valence-corrected chi connectivity index (χ3v) is 3.87. The van der Waals surface area contributed by atoms with Gasteiger partial charge in [0, 0.05) is 6.42 Å². The minimum atomic E-state index is 0.657. The lowest BCUT2D eigenvalue weighted by Crippen LogP contribution is -2.00. The Kier molecular flexibility index (Phi) is 6.09. The van der Waals surface area contributed by atoms with E-state index in [9.17, 15) is 0 Å². The van der Waals surface area contributed by atoms with Gasteiger partial charge in [-0.05, 0) is 67.4 Å². The van der Waals surface area contributed by atoms with Gasteiger partial charge in [0.15, 0.2) is 0 Å². The summed E-state index contributed by atoms with van der Waals surface area (Å²) >= 11 is 0. The summed E-state index contributed by atoms with van der Waals surface area (Å²) in [6.45, 7) is 0. The van der Waals surface area contributed by atoms with Crippen molar-refractivity contribution in [1.29, 1.82) is 5.26 Å². The van der Waals surface area contributed by atoms with Crippen LogP contribution in [-0.2, 0) is 6.42 Å². The third kappa shape index (κ3) is 4.49. The maximum absolute atomic E-state index is 8.48. The van der Waals surface area contributed by atoms with E-state index in [4.69, 9.17) is 10.00 Å². The van der Waals surface area contributed by atoms with Crippen LogP contribution in [-0.4, -0.2) is 7.11 Å². The zero-order chi connectivity index (χ0) is 14.9. The van der Waals surface area contributed by atoms with E-state index in [1.165, 1.54) is 16.7 Å². The third-order valence-electron chi connectivity index (χ3n) is 3.87. The van der Waals surface area contributed by atoms with Gasteiger partial charge in [0.1, 0.15) is 5.75 Å². The second-order valence-corrected chi connectivity index (χ2v) is 5.35. The molecule has 0 N–H and O–H groups in total. The summed E-state index contributed by atoms with van der Waals surface area (Å²) in [6, 6.07) is 8.59. The highest BCUT2D eigenvalue weighted by Crippen LogP contribution is 2.32. The van der Waals surface area contributed by atoms with E-state index in [-0.39, 0.29) is 0 Å². The Morgan fingerprint density at radius 2 is 2.14 bits per heavy atom. The van der Waals surface area contributed by atoms with Crippen molar-refractivity contribution in [3.05, 3.63) is 47.6 Å². The van der Waals surface area contributed by atoms with Crippen LogP contribution in [0.25, 0.3) is 5.57 Å². The number of aryl methyl sites for hydroxylation is 1. The van der Waals surface area contributed by atoms with E-state index < -0.39 is 0 Å². The number of hydrogen-bond donors (Lipinski definition) is 0. The number of hydrogen-bond acceptors (Lipinski definition) is 2. The minimum Gasteiger partial charge on any atom is -0.497 e. The molecule has 0 atom stereocenters. The predicted octanol–water partition coefficient (Wildman–Crippen LogP) is 5.06. The number of methoxy groups -OCH3 is 1. The molecule has 0 bridgehead atoms. The summed E-state index contributed by atoms with van der Waals surface area (Å²) in [6.07, 6.45) is 13.9. The second kappa shape index (κ2) is 8.32. The molecule has 0 saturated carbocycles. The van der Waals surface area contributed by atoms with Crippen molar-refractivity contribution in [3.8, 4) is 11.8 Å². The van der Waals surface area contributed by atoms with Crippen LogP contribution in [0.3, 0.4) is 0 Å². The fourth-order valence-corrected chi connectivity index (χ4v) is 2.74. The van der Waals surface area contributed by atoms with Gasteiger partial charge in [-0.25, -0.2) is 0 Å². The van der Waals surface area contributed by atoms with E-state index >= 15 is 0 Å². The van der Waals surface area contributed by atoms with Crippen LogP contribution in [0, 0.1) is 11.3 Å². The molecule has 0 aliphatic heterocycles. The van der Waals surface area contributed by atoms with Crippen molar-refractivity contribution < 1.29 is 4.74 Å². The number of rotatable bonds is 7. The Hall–Kier alpha value is -2.01. The molecule has 0 saturated heterocycles. The molecule has 0 amide bonds. The summed E-state index contributed by atoms with van der Waals surface area (Å²) in [7, 11) is 1.72. The lowest BCUT2D eigenvalue weighted by molar-refractivity contribution is 0.414. The number of unbranched alkanes of at least 4 members (excludes halogenated alkanes) is 2. The van der Waals surface area contributed by atoms with Gasteiger partial charge in [-0.3, -0.25) is 0 Å². The molecular weight excluding hydrogens is 258 g/mol. The largest absolute Gasteiger partial charge is 0.497 e. The van der Waals surface area contributed by atoms with Gasteiger partial charge in [-0.15, -0.1) is 0 Å². The molecule has 0 aromatic heterocycles. The standard InChI is InChI=1S/C19H23NO/c1-21-18-12-13-19-16(10-8-11-17(19)15-18)9-6-4-2-3-5-7-14-20/h2,4,10,12-13,15H,3,5-9,11H2,1H3/b4-2+. The molecule has 1 aromatic carbocycles. The molecule has 0 fully saturated rings. The lowest BCUT2D eigenvalue weighted by atomic mass is 9.88. The van der Waals surface area contributed by atoms with E-state index in [0.717, 1.165) is 44.3 Å². The van der Waals surface area contributed by atoms with Crippen LogP contribution in [0.15, 0.2) is 36.4 Å². The number of ether oxygens (including phenoxy) is 1. The van der Waals surface area contributed by atoms with Gasteiger partial charge >= 0.3 is 0 Å². The van der Waals surface area contributed by atoms with E-state index in [1.807, 2.05) is 0 Å². The Balaban J connectivity index is 1.88. The number of benzene rings is 1. The normalized spacial score (nSPS) is 13.6. The summed E-state index contributed by atoms with van der Waals surface area (Å²) in [5.41, 5.74) is 4.25. The summed E-state index contributed by atoms with van der Waals surface area (Å²) in [5.74, 6) is 0.951. The van der Waals surface area contributed by atoms with E-state index in [0.29, 0.717) is 6.42 Å². The summed E-state index contributed by atoms with van der Waals surface area (Å²) in [4.78, 5) is 0. The van der Waals surface area contributed by atoms with Gasteiger partial charge in [-0.1, -0.05) is 24.3 Å². The lowest BCUT2D eigenvalue weighted by Gasteiger charge is -2.18. The average molecular weight is 281 g/mol. The van der Waals surface area contributed by atoms with Crippen molar-refractivity contribution in [1.82, 2.24) is 0 Å². The van der Waals surface area contributed by atoms with Crippen molar-refractivity contribution in [2.24, 2.45) is 0 Å². The summed E-state index contributed by atoms with van der Waals surface area (Å²) in [5, 5.41) is 8.48. The first-order chi connectivity index (χ1) is 10.3. The monoisotopic (exact) mass is 281 g/mol. The smallest absolute Gasteiger partial charge is 0.119 e. The molecule has 21 heavy (non-hydrogen) atoms. The molecule has 2 nitrogen and oxygen atoms in total. The van der Waals surface area contributed by atoms with Crippen LogP contribution in [0.5, 0.6) is 5.75 Å². The molecule has 0 heterocycles. The van der Waals surface area contributed by atoms with E-state index in [2.05, 4.69) is 42.5 Å². The summed E-state index contributed by atoms with van der Waals surface area (Å²) < 4.78 is 5.31. The molecule has 0 unspecified atom stereocenters. The number of allylic oxidation sites excluding steroid dienone is 4. The van der Waals surface area contributed by atoms with Gasteiger partial charge in [0.05, 0.1) is 13.2 Å². The Labute approximate surface area is 127 Å². The van der Waals surface area contributed by atoms with Crippen molar-refractivity contribution in [2.45, 2.75) is 44.9 Å². The van der Waals surface area contributed by atoms with Crippen LogP contribution in [0.4, 0.5) is 0 Å². The molecular formula is C19H23NO. The van der Waals surface area contributed by atoms with Gasteiger partial charge in [0.25, 0.3) is 0 Å². The van der Waals surface area contributed by atoms with Crippen molar-refractivity contribution in [2.75, 3.05) is 7.11 Å². The molecule has 1 aliphatic carbocycles. The molecule has 2 heteroatoms. The van der Waals surface area contributed by atoms with Crippen LogP contribution < -0.4 is 4.74 Å². The molecule has 1 aromatic rings. The van der Waals surface area contributed by atoms with Gasteiger partial charge in [-0.2, -0.15) is 5.26 Å². The quantitative estimate of drug-likeness (QED) is 0.517. The molecule has 2 rings (SSSR count). The molecule has 1 aliphatic rings. The van der Waals surface area contributed by atoms with Gasteiger partial charge in [0.2, 0.25) is 0 Å². The highest BCUT2D eigenvalue weighted by Gasteiger charge is 2.12. The first-order valence-corrected chi connectivity index (χ1v) is 7.73. The highest BCUT2D eigenvalue weighted by atomic mass is 16.5. The Bertz CT molecular complexity index is 563. The van der Waals surface area contributed by atoms with Crippen molar-refractivity contribution >= 4 is 5.57 Å². The van der Waals surface area contributed by atoms with Crippen LogP contribution >= 0.6 is 0 Å². The number of nitrogens with zero attached hydrogens (tertiary/aromatic N) is 1. The molecule has 110 valence electrons. The highest BCUT2D eigenvalue weighted by molar-refractivity contribution is 5.71. The number of nitriles is 1. The first-order valence-electron chi connectivity index (χ1n) is 7.73. The Morgan fingerprint density at radius 3 is 2.95 bits per heavy atom. The zero-order valence-electron chi connectivity index (χ0n) is 12.8. The van der Waals surface area contributed by atoms with Crippen molar-refractivity contribution in [3.63, 3.8) is 0 Å².